The van der Waals surface area contributed by atoms with Gasteiger partial charge in [0.15, 0.2) is 0 Å². The lowest BCUT2D eigenvalue weighted by molar-refractivity contribution is 0.496. The molecule has 0 bridgehead atoms. The van der Waals surface area contributed by atoms with Gasteiger partial charge in [0.2, 0.25) is 11.8 Å². The maximum atomic E-state index is 13.1. The Morgan fingerprint density at radius 3 is 2.78 bits per heavy atom. The molecule has 0 aliphatic rings. The molecule has 1 aromatic heterocycles. The Labute approximate surface area is 142 Å². The highest BCUT2D eigenvalue weighted by Gasteiger charge is 2.05. The fourth-order valence-electron chi connectivity index (χ4n) is 2.21. The van der Waals surface area contributed by atoms with Crippen molar-refractivity contribution in [3.05, 3.63) is 81.2 Å². The van der Waals surface area contributed by atoms with Gasteiger partial charge in [-0.15, -0.1) is 10.2 Å². The van der Waals surface area contributed by atoms with E-state index in [0.717, 1.165) is 21.2 Å². The van der Waals surface area contributed by atoms with E-state index in [4.69, 9.17) is 4.42 Å². The van der Waals surface area contributed by atoms with Crippen LogP contribution < -0.4 is 0 Å². The third kappa shape index (κ3) is 4.13. The molecule has 23 heavy (non-hydrogen) atoms. The molecule has 0 amide bonds. The molecule has 3 rings (SSSR count). The summed E-state index contributed by atoms with van der Waals surface area (Å²) in [5, 5.41) is 8.05. The van der Waals surface area contributed by atoms with E-state index >= 15 is 0 Å². The van der Waals surface area contributed by atoms with Crippen molar-refractivity contribution in [1.29, 1.82) is 0 Å². The number of benzene rings is 2. The summed E-state index contributed by atoms with van der Waals surface area (Å²) in [6, 6.07) is 12.6. The van der Waals surface area contributed by atoms with Crippen LogP contribution in [-0.2, 0) is 6.42 Å². The highest BCUT2D eigenvalue weighted by molar-refractivity contribution is 9.10. The summed E-state index contributed by atoms with van der Waals surface area (Å²) >= 11 is 3.44. The van der Waals surface area contributed by atoms with E-state index in [1.807, 2.05) is 37.3 Å². The first-order valence-corrected chi connectivity index (χ1v) is 7.90. The molecule has 0 aliphatic heterocycles. The quantitative estimate of drug-likeness (QED) is 0.643. The van der Waals surface area contributed by atoms with Crippen LogP contribution in [0.4, 0.5) is 4.39 Å². The minimum atomic E-state index is -0.242. The fraction of sp³-hybridized carbons (Fsp3) is 0.111. The molecule has 3 nitrogen and oxygen atoms in total. The summed E-state index contributed by atoms with van der Waals surface area (Å²) < 4.78 is 19.7. The molecule has 0 aliphatic carbocycles. The van der Waals surface area contributed by atoms with Crippen molar-refractivity contribution in [2.24, 2.45) is 0 Å². The second-order valence-electron chi connectivity index (χ2n) is 5.17. The predicted octanol–water partition coefficient (Wildman–Crippen LogP) is 5.04. The highest BCUT2D eigenvalue weighted by Crippen LogP contribution is 2.16. The fourth-order valence-corrected chi connectivity index (χ4v) is 2.66. The second-order valence-corrected chi connectivity index (χ2v) is 6.09. The smallest absolute Gasteiger partial charge is 0.240 e. The normalized spacial score (nSPS) is 11.3. The average molecular weight is 373 g/mol. The Morgan fingerprint density at radius 1 is 1.13 bits per heavy atom. The van der Waals surface area contributed by atoms with Gasteiger partial charge in [-0.25, -0.2) is 4.39 Å². The van der Waals surface area contributed by atoms with E-state index < -0.39 is 0 Å². The first-order chi connectivity index (χ1) is 11.1. The van der Waals surface area contributed by atoms with Gasteiger partial charge in [0, 0.05) is 10.5 Å². The van der Waals surface area contributed by atoms with Crippen molar-refractivity contribution in [1.82, 2.24) is 10.2 Å². The van der Waals surface area contributed by atoms with Crippen LogP contribution in [0.15, 0.2) is 51.4 Å². The summed E-state index contributed by atoms with van der Waals surface area (Å²) in [5.41, 5.74) is 2.86. The Hall–Kier alpha value is -2.27. The van der Waals surface area contributed by atoms with Gasteiger partial charge >= 0.3 is 0 Å². The molecule has 5 heteroatoms. The zero-order valence-electron chi connectivity index (χ0n) is 12.5. The summed E-state index contributed by atoms with van der Waals surface area (Å²) in [6.07, 6.45) is 4.15. The van der Waals surface area contributed by atoms with E-state index in [9.17, 15) is 4.39 Å². The molecule has 0 fully saturated rings. The van der Waals surface area contributed by atoms with Crippen LogP contribution in [-0.4, -0.2) is 10.2 Å². The Morgan fingerprint density at radius 2 is 2.00 bits per heavy atom. The third-order valence-electron chi connectivity index (χ3n) is 3.36. The zero-order valence-corrected chi connectivity index (χ0v) is 14.0. The van der Waals surface area contributed by atoms with E-state index in [0.29, 0.717) is 18.2 Å². The first kappa shape index (κ1) is 15.6. The van der Waals surface area contributed by atoms with Crippen LogP contribution in [0.3, 0.4) is 0 Å². The number of nitrogens with zero attached hydrogens (tertiary/aromatic N) is 2. The average Bonchev–Trinajstić information content (AvgIpc) is 2.94. The monoisotopic (exact) mass is 372 g/mol. The van der Waals surface area contributed by atoms with Crippen molar-refractivity contribution in [3.8, 4) is 0 Å². The van der Waals surface area contributed by atoms with Gasteiger partial charge in [-0.2, -0.15) is 0 Å². The SMILES string of the molecule is Cc1cc(F)ccc1C=Cc1nnc(Cc2cccc(Br)c2)o1. The van der Waals surface area contributed by atoms with Crippen LogP contribution >= 0.6 is 15.9 Å². The number of hydrogen-bond donors (Lipinski definition) is 0. The molecular weight excluding hydrogens is 359 g/mol. The summed E-state index contributed by atoms with van der Waals surface area (Å²) in [6.45, 7) is 1.86. The lowest BCUT2D eigenvalue weighted by Crippen LogP contribution is -1.87. The summed E-state index contributed by atoms with van der Waals surface area (Å²) in [7, 11) is 0. The third-order valence-corrected chi connectivity index (χ3v) is 3.86. The van der Waals surface area contributed by atoms with E-state index in [1.165, 1.54) is 12.1 Å². The van der Waals surface area contributed by atoms with Crippen LogP contribution in [0.25, 0.3) is 12.2 Å². The number of aromatic nitrogens is 2. The molecule has 0 N–H and O–H groups in total. The van der Waals surface area contributed by atoms with Gasteiger partial charge in [-0.1, -0.05) is 34.1 Å². The molecule has 0 saturated heterocycles. The van der Waals surface area contributed by atoms with Crippen LogP contribution in [0, 0.1) is 12.7 Å². The molecular formula is C18H14BrFN2O. The minimum absolute atomic E-state index is 0.242. The molecule has 0 radical (unpaired) electrons. The van der Waals surface area contributed by atoms with Gasteiger partial charge in [0.1, 0.15) is 5.82 Å². The van der Waals surface area contributed by atoms with Crippen molar-refractivity contribution in [3.63, 3.8) is 0 Å². The van der Waals surface area contributed by atoms with Gasteiger partial charge in [0.05, 0.1) is 6.42 Å². The van der Waals surface area contributed by atoms with Gasteiger partial charge in [-0.3, -0.25) is 0 Å². The van der Waals surface area contributed by atoms with Gasteiger partial charge in [0.25, 0.3) is 0 Å². The maximum Gasteiger partial charge on any atom is 0.240 e. The van der Waals surface area contributed by atoms with E-state index in [1.54, 1.807) is 12.1 Å². The Bertz CT molecular complexity index is 858. The van der Waals surface area contributed by atoms with Crippen LogP contribution in [0.5, 0.6) is 0 Å². The van der Waals surface area contributed by atoms with Crippen LogP contribution in [0.2, 0.25) is 0 Å². The topological polar surface area (TPSA) is 38.9 Å². The summed E-state index contributed by atoms with van der Waals surface area (Å²) in [4.78, 5) is 0. The van der Waals surface area contributed by atoms with Crippen molar-refractivity contribution in [2.45, 2.75) is 13.3 Å². The lowest BCUT2D eigenvalue weighted by Gasteiger charge is -1.99. The number of aryl methyl sites for hydroxylation is 1. The zero-order chi connectivity index (χ0) is 16.2. The standard InChI is InChI=1S/C18H14BrFN2O/c1-12-9-16(20)7-5-14(12)6-8-17-21-22-18(23-17)11-13-3-2-4-15(19)10-13/h2-10H,11H2,1H3. The van der Waals surface area contributed by atoms with Crippen LogP contribution in [0.1, 0.15) is 28.5 Å². The maximum absolute atomic E-state index is 13.1. The minimum Gasteiger partial charge on any atom is -0.421 e. The molecule has 1 heterocycles. The molecule has 0 unspecified atom stereocenters. The molecule has 0 spiro atoms. The largest absolute Gasteiger partial charge is 0.421 e. The lowest BCUT2D eigenvalue weighted by atomic mass is 10.1. The van der Waals surface area contributed by atoms with Gasteiger partial charge < -0.3 is 4.42 Å². The number of halogens is 2. The molecule has 0 atom stereocenters. The number of hydrogen-bond acceptors (Lipinski definition) is 3. The van der Waals surface area contributed by atoms with Crippen molar-refractivity contribution in [2.75, 3.05) is 0 Å². The van der Waals surface area contributed by atoms with Crippen molar-refractivity contribution >= 4 is 28.1 Å². The Balaban J connectivity index is 1.73. The number of rotatable bonds is 4. The molecule has 2 aromatic carbocycles. The predicted molar refractivity (Wildman–Crippen MR) is 91.3 cm³/mol. The van der Waals surface area contributed by atoms with E-state index in [2.05, 4.69) is 26.1 Å². The molecule has 116 valence electrons. The summed E-state index contributed by atoms with van der Waals surface area (Å²) in [5.74, 6) is 0.742. The second kappa shape index (κ2) is 6.87. The van der Waals surface area contributed by atoms with Crippen molar-refractivity contribution < 1.29 is 8.81 Å². The first-order valence-electron chi connectivity index (χ1n) is 7.11. The molecule has 0 saturated carbocycles. The Kier molecular flexibility index (Phi) is 4.67. The highest BCUT2D eigenvalue weighted by atomic mass is 79.9. The van der Waals surface area contributed by atoms with Gasteiger partial charge in [-0.05, 0) is 54.0 Å². The molecule has 3 aromatic rings. The van der Waals surface area contributed by atoms with E-state index in [-0.39, 0.29) is 5.82 Å².